The van der Waals surface area contributed by atoms with Gasteiger partial charge in [-0.05, 0) is 39.3 Å². The van der Waals surface area contributed by atoms with Crippen molar-refractivity contribution in [3.8, 4) is 0 Å². The first-order valence-electron chi connectivity index (χ1n) is 8.97. The molecule has 1 saturated heterocycles. The summed E-state index contributed by atoms with van der Waals surface area (Å²) in [6, 6.07) is 2.89. The summed E-state index contributed by atoms with van der Waals surface area (Å²) >= 11 is 0. The fourth-order valence-electron chi connectivity index (χ4n) is 3.46. The quantitative estimate of drug-likeness (QED) is 0.743. The molecule has 0 aliphatic carbocycles. The van der Waals surface area contributed by atoms with Crippen molar-refractivity contribution in [3.05, 3.63) is 23.9 Å². The van der Waals surface area contributed by atoms with Crippen molar-refractivity contribution in [2.24, 2.45) is 0 Å². The van der Waals surface area contributed by atoms with Crippen molar-refractivity contribution >= 4 is 23.5 Å². The number of hydrogen-bond acceptors (Lipinski definition) is 5. The summed E-state index contributed by atoms with van der Waals surface area (Å²) in [5.41, 5.74) is -0.230. The van der Waals surface area contributed by atoms with E-state index in [1.165, 1.54) is 0 Å². The van der Waals surface area contributed by atoms with Gasteiger partial charge in [0.15, 0.2) is 0 Å². The van der Waals surface area contributed by atoms with Crippen LogP contribution in [0.25, 0.3) is 0 Å². The summed E-state index contributed by atoms with van der Waals surface area (Å²) in [4.78, 5) is 43.2. The Morgan fingerprint density at radius 2 is 2.04 bits per heavy atom. The molecule has 140 valence electrons. The summed E-state index contributed by atoms with van der Waals surface area (Å²) in [7, 11) is 0. The third-order valence-electron chi connectivity index (χ3n) is 4.91. The molecule has 0 saturated carbocycles. The number of nitrogens with one attached hydrogen (secondary N) is 3. The number of carbonyl (C=O) groups excluding carboxylic acids is 3. The van der Waals surface area contributed by atoms with E-state index in [2.05, 4.69) is 20.9 Å². The number of carbonyl (C=O) groups is 3. The first-order valence-corrected chi connectivity index (χ1v) is 8.97. The van der Waals surface area contributed by atoms with Gasteiger partial charge in [0, 0.05) is 31.6 Å². The largest absolute Gasteiger partial charge is 0.352 e. The van der Waals surface area contributed by atoms with Crippen LogP contribution < -0.4 is 16.0 Å². The minimum absolute atomic E-state index is 0.0141. The smallest absolute Gasteiger partial charge is 0.256 e. The highest BCUT2D eigenvalue weighted by Crippen LogP contribution is 2.30. The van der Waals surface area contributed by atoms with Crippen LogP contribution in [0.3, 0.4) is 0 Å². The predicted octanol–water partition coefficient (Wildman–Crippen LogP) is 0.859. The van der Waals surface area contributed by atoms with Gasteiger partial charge < -0.3 is 20.9 Å². The molecule has 1 spiro atoms. The molecular formula is C18H25N5O3. The van der Waals surface area contributed by atoms with Crippen molar-refractivity contribution in [3.63, 3.8) is 0 Å². The standard InChI is InChI=1S/C18H25N5O3/c1-11(2)20-16(25)12(3)23-10-8-18(7-6-14(23)24)21-15-13(17(26)22-18)5-4-9-19-15/h4-5,9,11-12H,6-8,10H2,1-3H3,(H,19,21)(H,20,25)(H,22,26)/t12-,18+/m0/s1. The second kappa shape index (κ2) is 6.93. The lowest BCUT2D eigenvalue weighted by Crippen LogP contribution is -2.58. The number of fused-ring (bicyclic) bond motifs is 1. The number of amides is 3. The second-order valence-electron chi connectivity index (χ2n) is 7.24. The maximum Gasteiger partial charge on any atom is 0.256 e. The van der Waals surface area contributed by atoms with E-state index >= 15 is 0 Å². The zero-order chi connectivity index (χ0) is 18.9. The maximum absolute atomic E-state index is 12.6. The maximum atomic E-state index is 12.6. The van der Waals surface area contributed by atoms with Crippen LogP contribution in [0, 0.1) is 0 Å². The van der Waals surface area contributed by atoms with Gasteiger partial charge in [0.1, 0.15) is 17.5 Å². The van der Waals surface area contributed by atoms with E-state index in [-0.39, 0.29) is 30.2 Å². The third-order valence-corrected chi connectivity index (χ3v) is 4.91. The minimum Gasteiger partial charge on any atom is -0.352 e. The van der Waals surface area contributed by atoms with Gasteiger partial charge in [-0.15, -0.1) is 0 Å². The van der Waals surface area contributed by atoms with Crippen molar-refractivity contribution in [2.75, 3.05) is 11.9 Å². The van der Waals surface area contributed by atoms with E-state index in [0.717, 1.165) is 0 Å². The molecule has 3 rings (SSSR count). The summed E-state index contributed by atoms with van der Waals surface area (Å²) in [5, 5.41) is 9.15. The molecule has 8 heteroatoms. The SMILES string of the molecule is CC(C)NC(=O)[C@H](C)N1CC[C@@]2(CCC1=O)NC(=O)c1cccnc1N2. The van der Waals surface area contributed by atoms with Gasteiger partial charge in [-0.3, -0.25) is 14.4 Å². The average molecular weight is 359 g/mol. The van der Waals surface area contributed by atoms with Crippen LogP contribution in [0.1, 0.15) is 50.4 Å². The zero-order valence-electron chi connectivity index (χ0n) is 15.3. The highest BCUT2D eigenvalue weighted by Gasteiger charge is 2.42. The Labute approximate surface area is 152 Å². The Morgan fingerprint density at radius 1 is 1.27 bits per heavy atom. The van der Waals surface area contributed by atoms with Crippen molar-refractivity contribution < 1.29 is 14.4 Å². The Balaban J connectivity index is 1.76. The first-order chi connectivity index (χ1) is 12.3. The van der Waals surface area contributed by atoms with Crippen molar-refractivity contribution in [1.29, 1.82) is 0 Å². The molecule has 3 N–H and O–H groups in total. The molecule has 3 heterocycles. The van der Waals surface area contributed by atoms with Crippen LogP contribution in [-0.4, -0.2) is 51.9 Å². The molecule has 1 aromatic rings. The van der Waals surface area contributed by atoms with Crippen LogP contribution >= 0.6 is 0 Å². The van der Waals surface area contributed by atoms with E-state index in [1.54, 1.807) is 30.2 Å². The summed E-state index contributed by atoms with van der Waals surface area (Å²) < 4.78 is 0. The molecule has 0 radical (unpaired) electrons. The number of nitrogens with zero attached hydrogens (tertiary/aromatic N) is 2. The van der Waals surface area contributed by atoms with Crippen LogP contribution in [0.2, 0.25) is 0 Å². The summed E-state index contributed by atoms with van der Waals surface area (Å²) in [5.74, 6) is 0.0780. The molecule has 0 aromatic carbocycles. The van der Waals surface area contributed by atoms with Crippen LogP contribution in [0.5, 0.6) is 0 Å². The zero-order valence-corrected chi connectivity index (χ0v) is 15.3. The number of aromatic nitrogens is 1. The molecule has 26 heavy (non-hydrogen) atoms. The average Bonchev–Trinajstić information content (AvgIpc) is 2.73. The van der Waals surface area contributed by atoms with Crippen molar-refractivity contribution in [1.82, 2.24) is 20.5 Å². The highest BCUT2D eigenvalue weighted by atomic mass is 16.2. The molecule has 2 aliphatic heterocycles. The van der Waals surface area contributed by atoms with Crippen LogP contribution in [-0.2, 0) is 9.59 Å². The van der Waals surface area contributed by atoms with E-state index < -0.39 is 11.7 Å². The number of likely N-dealkylation sites (tertiary alicyclic amines) is 1. The molecule has 1 fully saturated rings. The minimum atomic E-state index is -0.725. The molecule has 2 atom stereocenters. The summed E-state index contributed by atoms with van der Waals surface area (Å²) in [6.45, 7) is 5.88. The fourth-order valence-corrected chi connectivity index (χ4v) is 3.46. The number of pyridine rings is 1. The monoisotopic (exact) mass is 359 g/mol. The molecule has 8 nitrogen and oxygen atoms in total. The molecule has 0 unspecified atom stereocenters. The van der Waals surface area contributed by atoms with E-state index in [0.29, 0.717) is 30.8 Å². The molecular weight excluding hydrogens is 334 g/mol. The molecule has 2 aliphatic rings. The fraction of sp³-hybridized carbons (Fsp3) is 0.556. The van der Waals surface area contributed by atoms with Gasteiger partial charge in [-0.2, -0.15) is 0 Å². The van der Waals surface area contributed by atoms with E-state index in [1.807, 2.05) is 13.8 Å². The normalized spacial score (nSPS) is 23.8. The summed E-state index contributed by atoms with van der Waals surface area (Å²) in [6.07, 6.45) is 2.82. The third kappa shape index (κ3) is 3.49. The molecule has 1 aromatic heterocycles. The Kier molecular flexibility index (Phi) is 4.84. The second-order valence-corrected chi connectivity index (χ2v) is 7.24. The molecule has 3 amide bonds. The number of hydrogen-bond donors (Lipinski definition) is 3. The Morgan fingerprint density at radius 3 is 2.77 bits per heavy atom. The topological polar surface area (TPSA) is 103 Å². The van der Waals surface area contributed by atoms with E-state index in [9.17, 15) is 14.4 Å². The van der Waals surface area contributed by atoms with Gasteiger partial charge in [0.25, 0.3) is 5.91 Å². The van der Waals surface area contributed by atoms with Crippen LogP contribution in [0.15, 0.2) is 18.3 Å². The van der Waals surface area contributed by atoms with Gasteiger partial charge in [-0.25, -0.2) is 4.98 Å². The van der Waals surface area contributed by atoms with Gasteiger partial charge in [-0.1, -0.05) is 0 Å². The van der Waals surface area contributed by atoms with Crippen LogP contribution in [0.4, 0.5) is 5.82 Å². The lowest BCUT2D eigenvalue weighted by atomic mass is 9.97. The number of anilines is 1. The molecule has 0 bridgehead atoms. The highest BCUT2D eigenvalue weighted by molar-refractivity contribution is 6.01. The Bertz CT molecular complexity index is 735. The van der Waals surface area contributed by atoms with Gasteiger partial charge >= 0.3 is 0 Å². The van der Waals surface area contributed by atoms with Gasteiger partial charge in [0.2, 0.25) is 11.8 Å². The van der Waals surface area contributed by atoms with Gasteiger partial charge in [0.05, 0.1) is 5.56 Å². The Hall–Kier alpha value is -2.64. The number of rotatable bonds is 3. The van der Waals surface area contributed by atoms with Crippen molar-refractivity contribution in [2.45, 2.75) is 57.8 Å². The van der Waals surface area contributed by atoms with E-state index in [4.69, 9.17) is 0 Å². The lowest BCUT2D eigenvalue weighted by molar-refractivity contribution is -0.139. The lowest BCUT2D eigenvalue weighted by Gasteiger charge is -2.39. The first kappa shape index (κ1) is 18.2. The predicted molar refractivity (Wildman–Crippen MR) is 96.4 cm³/mol.